The number of carbonyl (C=O) groups excluding carboxylic acids is 1. The zero-order chi connectivity index (χ0) is 18.7. The number of nitrogens with zero attached hydrogens (tertiary/aromatic N) is 3. The van der Waals surface area contributed by atoms with Gasteiger partial charge in [0.2, 0.25) is 11.9 Å². The van der Waals surface area contributed by atoms with Crippen LogP contribution in [0.15, 0.2) is 28.9 Å². The third-order valence-corrected chi connectivity index (χ3v) is 5.07. The average Bonchev–Trinajstić information content (AvgIpc) is 2.61. The molecule has 0 atom stereocenters. The van der Waals surface area contributed by atoms with Gasteiger partial charge in [-0.25, -0.2) is 9.37 Å². The predicted molar refractivity (Wildman–Crippen MR) is 103 cm³/mol. The number of halogens is 3. The monoisotopic (exact) mass is 441 g/mol. The zero-order valence-corrected chi connectivity index (χ0v) is 16.4. The summed E-state index contributed by atoms with van der Waals surface area (Å²) in [5, 5.41) is 6.44. The van der Waals surface area contributed by atoms with Crippen LogP contribution < -0.4 is 10.6 Å². The molecule has 9 heteroatoms. The first-order chi connectivity index (χ1) is 12.4. The summed E-state index contributed by atoms with van der Waals surface area (Å²) >= 11 is 9.24. The second kappa shape index (κ2) is 8.18. The number of amides is 1. The maximum Gasteiger partial charge on any atom is 0.229 e. The Morgan fingerprint density at radius 1 is 1.38 bits per heavy atom. The molecule has 1 aliphatic rings. The third-order valence-electron chi connectivity index (χ3n) is 4.20. The molecule has 0 unspecified atom stereocenters. The number of aromatic nitrogens is 2. The highest BCUT2D eigenvalue weighted by Crippen LogP contribution is 2.26. The Kier molecular flexibility index (Phi) is 5.93. The average molecular weight is 443 g/mol. The summed E-state index contributed by atoms with van der Waals surface area (Å²) in [7, 11) is 0. The molecule has 1 amide bonds. The molecule has 1 aromatic carbocycles. The van der Waals surface area contributed by atoms with Crippen LogP contribution in [0.2, 0.25) is 5.02 Å². The largest absolute Gasteiger partial charge is 0.366 e. The van der Waals surface area contributed by atoms with Crippen LogP contribution in [0.4, 0.5) is 21.8 Å². The van der Waals surface area contributed by atoms with E-state index < -0.39 is 5.82 Å². The molecule has 1 aliphatic heterocycles. The van der Waals surface area contributed by atoms with Crippen LogP contribution in [0, 0.1) is 5.82 Å². The van der Waals surface area contributed by atoms with Crippen LogP contribution in [0.25, 0.3) is 0 Å². The molecule has 2 N–H and O–H groups in total. The van der Waals surface area contributed by atoms with Crippen LogP contribution in [-0.2, 0) is 4.79 Å². The molecular formula is C17H18BrClFN5O. The Hall–Kier alpha value is -1.93. The molecule has 0 saturated carbocycles. The lowest BCUT2D eigenvalue weighted by Crippen LogP contribution is -2.41. The van der Waals surface area contributed by atoms with E-state index >= 15 is 0 Å². The van der Waals surface area contributed by atoms with E-state index in [9.17, 15) is 9.18 Å². The number of rotatable bonds is 4. The highest BCUT2D eigenvalue weighted by Gasteiger charge is 2.21. The van der Waals surface area contributed by atoms with Crippen molar-refractivity contribution >= 4 is 50.9 Å². The molecule has 1 fully saturated rings. The second-order valence-corrected chi connectivity index (χ2v) is 7.33. The Labute approximate surface area is 164 Å². The molecule has 0 aliphatic carbocycles. The molecule has 2 heterocycles. The molecule has 0 bridgehead atoms. The fourth-order valence-corrected chi connectivity index (χ4v) is 3.25. The van der Waals surface area contributed by atoms with Gasteiger partial charge >= 0.3 is 0 Å². The van der Waals surface area contributed by atoms with Crippen LogP contribution in [-0.4, -0.2) is 39.9 Å². The lowest BCUT2D eigenvalue weighted by Gasteiger charge is -2.32. The Morgan fingerprint density at radius 2 is 2.12 bits per heavy atom. The zero-order valence-electron chi connectivity index (χ0n) is 14.1. The number of carbonyl (C=O) groups is 1. The molecule has 1 aromatic heterocycles. The van der Waals surface area contributed by atoms with Crippen molar-refractivity contribution in [2.24, 2.45) is 0 Å². The number of anilines is 3. The van der Waals surface area contributed by atoms with Gasteiger partial charge in [0.25, 0.3) is 0 Å². The van der Waals surface area contributed by atoms with Crippen LogP contribution in [0.5, 0.6) is 0 Å². The molecule has 138 valence electrons. The minimum absolute atomic E-state index is 0.0303. The second-order valence-electron chi connectivity index (χ2n) is 6.07. The molecule has 6 nitrogen and oxygen atoms in total. The number of hydrogen-bond donors (Lipinski definition) is 2. The molecule has 26 heavy (non-hydrogen) atoms. The number of nitrogens with one attached hydrogen (secondary N) is 2. The van der Waals surface area contributed by atoms with Crippen LogP contribution in [0.3, 0.4) is 0 Å². The normalized spacial score (nSPS) is 15.0. The van der Waals surface area contributed by atoms with Gasteiger partial charge in [0.05, 0.1) is 9.50 Å². The van der Waals surface area contributed by atoms with Crippen molar-refractivity contribution in [1.82, 2.24) is 14.9 Å². The van der Waals surface area contributed by atoms with Crippen molar-refractivity contribution in [3.05, 3.63) is 39.7 Å². The van der Waals surface area contributed by atoms with Gasteiger partial charge in [0, 0.05) is 37.9 Å². The fraction of sp³-hybridized carbons (Fsp3) is 0.353. The van der Waals surface area contributed by atoms with Gasteiger partial charge in [-0.2, -0.15) is 4.98 Å². The highest BCUT2D eigenvalue weighted by atomic mass is 79.9. The lowest BCUT2D eigenvalue weighted by molar-refractivity contribution is -0.129. The van der Waals surface area contributed by atoms with Crippen LogP contribution >= 0.6 is 27.5 Å². The molecular weight excluding hydrogens is 425 g/mol. The summed E-state index contributed by atoms with van der Waals surface area (Å²) in [5.41, 5.74) is 0.597. The van der Waals surface area contributed by atoms with E-state index in [1.54, 1.807) is 19.2 Å². The van der Waals surface area contributed by atoms with E-state index in [0.29, 0.717) is 17.5 Å². The number of benzene rings is 1. The summed E-state index contributed by atoms with van der Waals surface area (Å²) in [6, 6.07) is 4.56. The fourth-order valence-electron chi connectivity index (χ4n) is 2.76. The maximum absolute atomic E-state index is 13.3. The first-order valence-corrected chi connectivity index (χ1v) is 9.36. The molecule has 1 saturated heterocycles. The van der Waals surface area contributed by atoms with Crippen LogP contribution in [0.1, 0.15) is 19.8 Å². The molecule has 2 aromatic rings. The molecule has 3 rings (SSSR count). The maximum atomic E-state index is 13.3. The van der Waals surface area contributed by atoms with Crippen molar-refractivity contribution in [2.45, 2.75) is 25.8 Å². The Bertz CT molecular complexity index is 814. The number of piperidine rings is 1. The number of hydrogen-bond acceptors (Lipinski definition) is 5. The minimum Gasteiger partial charge on any atom is -0.366 e. The lowest BCUT2D eigenvalue weighted by atomic mass is 10.1. The minimum atomic E-state index is -0.479. The number of likely N-dealkylation sites (tertiary alicyclic amines) is 1. The summed E-state index contributed by atoms with van der Waals surface area (Å²) in [6.07, 6.45) is 3.35. The molecule has 0 radical (unpaired) electrons. The summed E-state index contributed by atoms with van der Waals surface area (Å²) in [5.74, 6) is 0.667. The Morgan fingerprint density at radius 3 is 2.77 bits per heavy atom. The quantitative estimate of drug-likeness (QED) is 0.743. The van der Waals surface area contributed by atoms with E-state index in [1.807, 2.05) is 4.90 Å². The van der Waals surface area contributed by atoms with Gasteiger partial charge in [-0.15, -0.1) is 0 Å². The molecule has 0 spiro atoms. The standard InChI is InChI=1S/C17H18BrClFN5O/c1-10(26)25-6-4-11(5-7-25)22-16-13(18)9-21-17(24-16)23-12-2-3-15(20)14(19)8-12/h2-3,8-9,11H,4-7H2,1H3,(H2,21,22,23,24). The van der Waals surface area contributed by atoms with Crippen molar-refractivity contribution < 1.29 is 9.18 Å². The highest BCUT2D eigenvalue weighted by molar-refractivity contribution is 9.10. The van der Waals surface area contributed by atoms with E-state index in [-0.39, 0.29) is 17.0 Å². The first-order valence-electron chi connectivity index (χ1n) is 8.19. The van der Waals surface area contributed by atoms with E-state index in [4.69, 9.17) is 11.6 Å². The van der Waals surface area contributed by atoms with E-state index in [2.05, 4.69) is 36.5 Å². The summed E-state index contributed by atoms with van der Waals surface area (Å²) in [6.45, 7) is 3.05. The topological polar surface area (TPSA) is 70.2 Å². The first kappa shape index (κ1) is 18.8. The van der Waals surface area contributed by atoms with Gasteiger partial charge in [-0.3, -0.25) is 4.79 Å². The third kappa shape index (κ3) is 4.62. The van der Waals surface area contributed by atoms with Gasteiger partial charge in [0.15, 0.2) is 0 Å². The van der Waals surface area contributed by atoms with Crippen molar-refractivity contribution in [3.8, 4) is 0 Å². The van der Waals surface area contributed by atoms with Crippen molar-refractivity contribution in [2.75, 3.05) is 23.7 Å². The van der Waals surface area contributed by atoms with E-state index in [0.717, 1.165) is 30.4 Å². The summed E-state index contributed by atoms with van der Waals surface area (Å²) < 4.78 is 14.0. The van der Waals surface area contributed by atoms with Gasteiger partial charge in [-0.1, -0.05) is 11.6 Å². The predicted octanol–water partition coefficient (Wildman–Crippen LogP) is 4.20. The van der Waals surface area contributed by atoms with Gasteiger partial charge in [-0.05, 0) is 47.0 Å². The Balaban J connectivity index is 1.68. The van der Waals surface area contributed by atoms with Crippen molar-refractivity contribution in [1.29, 1.82) is 0 Å². The van der Waals surface area contributed by atoms with Gasteiger partial charge < -0.3 is 15.5 Å². The smallest absolute Gasteiger partial charge is 0.229 e. The van der Waals surface area contributed by atoms with Crippen molar-refractivity contribution in [3.63, 3.8) is 0 Å². The SMILES string of the molecule is CC(=O)N1CCC(Nc2nc(Nc3ccc(F)c(Cl)c3)ncc2Br)CC1. The van der Waals surface area contributed by atoms with Gasteiger partial charge in [0.1, 0.15) is 11.6 Å². The van der Waals surface area contributed by atoms with E-state index in [1.165, 1.54) is 12.1 Å². The summed E-state index contributed by atoms with van der Waals surface area (Å²) in [4.78, 5) is 21.9.